The summed E-state index contributed by atoms with van der Waals surface area (Å²) in [5.41, 5.74) is 1.11. The van der Waals surface area contributed by atoms with Gasteiger partial charge in [0.15, 0.2) is 0 Å². The Balaban J connectivity index is 3.18. The van der Waals surface area contributed by atoms with E-state index >= 15 is 0 Å². The van der Waals surface area contributed by atoms with Gasteiger partial charge in [0, 0.05) is 11.7 Å². The highest BCUT2D eigenvalue weighted by Gasteiger charge is 2.06. The van der Waals surface area contributed by atoms with E-state index in [-0.39, 0.29) is 12.6 Å². The molecule has 0 aromatic carbocycles. The summed E-state index contributed by atoms with van der Waals surface area (Å²) in [5, 5.41) is 12.7. The van der Waals surface area contributed by atoms with Crippen molar-refractivity contribution in [1.29, 1.82) is 0 Å². The fraction of sp³-hybridized carbons (Fsp3) is 0.929. The molecule has 2 nitrogen and oxygen atoms in total. The standard InChI is InChI=1S/C28H57NO/c1-4-6-7-8-9-10-11-12-13-14-15-16-17-18-19-20-21-22-23-25-27(3)29-28(26-30)24-5-2/h28-30H,3-26H2,1-2H3. The molecular weight excluding hydrogens is 366 g/mol. The summed E-state index contributed by atoms with van der Waals surface area (Å²) in [7, 11) is 0. The lowest BCUT2D eigenvalue weighted by molar-refractivity contribution is 0.241. The van der Waals surface area contributed by atoms with Crippen LogP contribution in [0.15, 0.2) is 12.3 Å². The van der Waals surface area contributed by atoms with Crippen molar-refractivity contribution >= 4 is 0 Å². The van der Waals surface area contributed by atoms with E-state index in [0.717, 1.165) is 25.0 Å². The third-order valence-corrected chi connectivity index (χ3v) is 6.35. The van der Waals surface area contributed by atoms with Crippen molar-refractivity contribution in [3.05, 3.63) is 12.3 Å². The van der Waals surface area contributed by atoms with E-state index in [0.29, 0.717) is 0 Å². The molecule has 0 aromatic heterocycles. The predicted molar refractivity (Wildman–Crippen MR) is 136 cm³/mol. The summed E-state index contributed by atoms with van der Waals surface area (Å²) in [6.07, 6.45) is 30.2. The Morgan fingerprint density at radius 3 is 1.30 bits per heavy atom. The normalized spacial score (nSPS) is 12.2. The maximum Gasteiger partial charge on any atom is 0.0632 e. The van der Waals surface area contributed by atoms with Gasteiger partial charge in [0.2, 0.25) is 0 Å². The minimum atomic E-state index is 0.197. The fourth-order valence-corrected chi connectivity index (χ4v) is 4.34. The average molecular weight is 424 g/mol. The second-order valence-electron chi connectivity index (χ2n) is 9.53. The SMILES string of the molecule is C=C(CCCCCCCCCCCCCCCCCCCCC)NC(CO)CCC. The maximum atomic E-state index is 9.34. The summed E-state index contributed by atoms with van der Waals surface area (Å²) >= 11 is 0. The molecule has 0 saturated heterocycles. The molecule has 0 fully saturated rings. The molecule has 0 heterocycles. The number of allylic oxidation sites excluding steroid dienone is 1. The number of nitrogens with one attached hydrogen (secondary N) is 1. The number of rotatable bonds is 25. The van der Waals surface area contributed by atoms with Crippen LogP contribution in [0.25, 0.3) is 0 Å². The summed E-state index contributed by atoms with van der Waals surface area (Å²) in [6.45, 7) is 8.79. The zero-order valence-electron chi connectivity index (χ0n) is 21.0. The number of unbranched alkanes of at least 4 members (excludes halogenated alkanes) is 18. The molecule has 0 saturated carbocycles. The Morgan fingerprint density at radius 2 is 0.967 bits per heavy atom. The minimum Gasteiger partial charge on any atom is -0.394 e. The van der Waals surface area contributed by atoms with E-state index in [1.165, 1.54) is 122 Å². The fourth-order valence-electron chi connectivity index (χ4n) is 4.34. The van der Waals surface area contributed by atoms with E-state index in [2.05, 4.69) is 25.7 Å². The van der Waals surface area contributed by atoms with E-state index in [1.807, 2.05) is 0 Å². The van der Waals surface area contributed by atoms with E-state index in [9.17, 15) is 5.11 Å². The van der Waals surface area contributed by atoms with Gasteiger partial charge in [-0.05, 0) is 19.3 Å². The minimum absolute atomic E-state index is 0.197. The number of aliphatic hydroxyl groups excluding tert-OH is 1. The lowest BCUT2D eigenvalue weighted by Crippen LogP contribution is -2.31. The lowest BCUT2D eigenvalue weighted by Gasteiger charge is -2.18. The Bertz CT molecular complexity index is 342. The highest BCUT2D eigenvalue weighted by Crippen LogP contribution is 2.15. The van der Waals surface area contributed by atoms with Crippen LogP contribution in [0.1, 0.15) is 155 Å². The molecule has 1 unspecified atom stereocenters. The number of aliphatic hydroxyl groups is 1. The molecule has 0 aromatic rings. The van der Waals surface area contributed by atoms with Crippen LogP contribution in [-0.2, 0) is 0 Å². The number of hydrogen-bond acceptors (Lipinski definition) is 2. The summed E-state index contributed by atoms with van der Waals surface area (Å²) in [6, 6.07) is 0.197. The monoisotopic (exact) mass is 423 g/mol. The van der Waals surface area contributed by atoms with Crippen LogP contribution in [-0.4, -0.2) is 17.8 Å². The quantitative estimate of drug-likeness (QED) is 0.143. The van der Waals surface area contributed by atoms with Crippen molar-refractivity contribution in [2.75, 3.05) is 6.61 Å². The molecule has 0 radical (unpaired) electrons. The van der Waals surface area contributed by atoms with Gasteiger partial charge in [0.1, 0.15) is 0 Å². The van der Waals surface area contributed by atoms with Crippen molar-refractivity contribution in [2.24, 2.45) is 0 Å². The smallest absolute Gasteiger partial charge is 0.0632 e. The molecule has 0 amide bonds. The van der Waals surface area contributed by atoms with Crippen LogP contribution < -0.4 is 5.32 Å². The Morgan fingerprint density at radius 1 is 0.600 bits per heavy atom. The van der Waals surface area contributed by atoms with E-state index in [4.69, 9.17) is 0 Å². The molecule has 2 N–H and O–H groups in total. The summed E-state index contributed by atoms with van der Waals surface area (Å²) < 4.78 is 0. The summed E-state index contributed by atoms with van der Waals surface area (Å²) in [5.74, 6) is 0. The van der Waals surface area contributed by atoms with Gasteiger partial charge in [0.05, 0.1) is 6.61 Å². The van der Waals surface area contributed by atoms with Crippen molar-refractivity contribution in [2.45, 2.75) is 161 Å². The summed E-state index contributed by atoms with van der Waals surface area (Å²) in [4.78, 5) is 0. The van der Waals surface area contributed by atoms with E-state index in [1.54, 1.807) is 0 Å². The van der Waals surface area contributed by atoms with Crippen LogP contribution >= 0.6 is 0 Å². The second kappa shape index (κ2) is 24.8. The van der Waals surface area contributed by atoms with Gasteiger partial charge in [-0.1, -0.05) is 142 Å². The second-order valence-corrected chi connectivity index (χ2v) is 9.53. The van der Waals surface area contributed by atoms with Crippen LogP contribution in [0.2, 0.25) is 0 Å². The van der Waals surface area contributed by atoms with Crippen LogP contribution in [0, 0.1) is 0 Å². The van der Waals surface area contributed by atoms with Gasteiger partial charge in [-0.3, -0.25) is 0 Å². The van der Waals surface area contributed by atoms with Gasteiger partial charge in [-0.15, -0.1) is 0 Å². The zero-order valence-corrected chi connectivity index (χ0v) is 21.0. The van der Waals surface area contributed by atoms with Crippen molar-refractivity contribution in [1.82, 2.24) is 5.32 Å². The molecule has 0 spiro atoms. The molecule has 30 heavy (non-hydrogen) atoms. The Kier molecular flexibility index (Phi) is 24.4. The van der Waals surface area contributed by atoms with Gasteiger partial charge in [-0.2, -0.15) is 0 Å². The molecule has 0 aliphatic carbocycles. The topological polar surface area (TPSA) is 32.3 Å². The van der Waals surface area contributed by atoms with Crippen molar-refractivity contribution < 1.29 is 5.11 Å². The molecule has 1 atom stereocenters. The first-order chi connectivity index (χ1) is 14.7. The molecule has 0 aliphatic rings. The van der Waals surface area contributed by atoms with Crippen LogP contribution in [0.4, 0.5) is 0 Å². The van der Waals surface area contributed by atoms with Crippen molar-refractivity contribution in [3.63, 3.8) is 0 Å². The maximum absolute atomic E-state index is 9.34. The van der Waals surface area contributed by atoms with Gasteiger partial charge < -0.3 is 10.4 Å². The van der Waals surface area contributed by atoms with Crippen molar-refractivity contribution in [3.8, 4) is 0 Å². The average Bonchev–Trinajstić information content (AvgIpc) is 2.75. The Hall–Kier alpha value is -0.500. The lowest BCUT2D eigenvalue weighted by atomic mass is 10.0. The Labute approximate surface area is 190 Å². The highest BCUT2D eigenvalue weighted by atomic mass is 16.3. The molecule has 0 rings (SSSR count). The first-order valence-electron chi connectivity index (χ1n) is 13.8. The van der Waals surface area contributed by atoms with Gasteiger partial charge in [0.25, 0.3) is 0 Å². The molecule has 180 valence electrons. The molecular formula is C28H57NO. The zero-order chi connectivity index (χ0) is 22.1. The molecule has 0 bridgehead atoms. The van der Waals surface area contributed by atoms with Crippen LogP contribution in [0.5, 0.6) is 0 Å². The number of hydrogen-bond donors (Lipinski definition) is 2. The first-order valence-corrected chi connectivity index (χ1v) is 13.8. The first kappa shape index (κ1) is 29.5. The van der Waals surface area contributed by atoms with Crippen LogP contribution in [0.3, 0.4) is 0 Å². The third-order valence-electron chi connectivity index (χ3n) is 6.35. The highest BCUT2D eigenvalue weighted by molar-refractivity contribution is 4.93. The molecule has 2 heteroatoms. The molecule has 0 aliphatic heterocycles. The predicted octanol–water partition coefficient (Wildman–Crippen LogP) is 9.07. The van der Waals surface area contributed by atoms with E-state index < -0.39 is 0 Å². The largest absolute Gasteiger partial charge is 0.394 e. The third kappa shape index (κ3) is 22.2. The van der Waals surface area contributed by atoms with Gasteiger partial charge in [-0.25, -0.2) is 0 Å². The van der Waals surface area contributed by atoms with Gasteiger partial charge >= 0.3 is 0 Å².